The van der Waals surface area contributed by atoms with Crippen molar-refractivity contribution in [3.8, 4) is 12.3 Å². The number of hydrogen-bond donors (Lipinski definition) is 1. The van der Waals surface area contributed by atoms with Crippen molar-refractivity contribution in [2.75, 3.05) is 6.61 Å². The molecule has 1 aliphatic rings. The van der Waals surface area contributed by atoms with Gasteiger partial charge in [-0.05, 0) is 25.2 Å². The molecule has 2 heteroatoms. The predicted molar refractivity (Wildman–Crippen MR) is 54.2 cm³/mol. The van der Waals surface area contributed by atoms with Crippen LogP contribution in [0.2, 0.25) is 0 Å². The van der Waals surface area contributed by atoms with E-state index in [2.05, 4.69) is 12.8 Å². The van der Waals surface area contributed by atoms with Crippen LogP contribution in [-0.4, -0.2) is 18.8 Å². The molecule has 0 saturated carbocycles. The molecule has 0 radical (unpaired) electrons. The minimum absolute atomic E-state index is 0.172. The molecule has 1 heterocycles. The number of hydrogen-bond acceptors (Lipinski definition) is 2. The first kappa shape index (κ1) is 10.6. The monoisotopic (exact) mass is 181 g/mol. The van der Waals surface area contributed by atoms with Crippen molar-refractivity contribution in [2.24, 2.45) is 11.7 Å². The first-order valence-corrected chi connectivity index (χ1v) is 5.06. The van der Waals surface area contributed by atoms with E-state index in [1.54, 1.807) is 0 Å². The van der Waals surface area contributed by atoms with E-state index in [9.17, 15) is 0 Å². The summed E-state index contributed by atoms with van der Waals surface area (Å²) in [7, 11) is 0. The van der Waals surface area contributed by atoms with Crippen molar-refractivity contribution >= 4 is 0 Å². The van der Waals surface area contributed by atoms with Crippen molar-refractivity contribution in [3.63, 3.8) is 0 Å². The molecule has 74 valence electrons. The molecular formula is C11H19NO. The van der Waals surface area contributed by atoms with E-state index in [0.717, 1.165) is 32.3 Å². The van der Waals surface area contributed by atoms with Crippen molar-refractivity contribution in [1.82, 2.24) is 0 Å². The number of unbranched alkanes of at least 4 members (excludes halogenated alkanes) is 1. The van der Waals surface area contributed by atoms with Gasteiger partial charge in [-0.3, -0.25) is 0 Å². The van der Waals surface area contributed by atoms with Gasteiger partial charge in [-0.2, -0.15) is 0 Å². The normalized spacial score (nSPS) is 29.9. The maximum Gasteiger partial charge on any atom is 0.0752 e. The zero-order chi connectivity index (χ0) is 9.68. The highest BCUT2D eigenvalue weighted by molar-refractivity contribution is 4.86. The minimum atomic E-state index is 0.172. The molecule has 2 nitrogen and oxygen atoms in total. The van der Waals surface area contributed by atoms with Gasteiger partial charge in [0.05, 0.1) is 6.10 Å². The van der Waals surface area contributed by atoms with Gasteiger partial charge in [-0.15, -0.1) is 12.3 Å². The Morgan fingerprint density at radius 1 is 1.69 bits per heavy atom. The Hall–Kier alpha value is -0.520. The zero-order valence-electron chi connectivity index (χ0n) is 8.33. The third-order valence-corrected chi connectivity index (χ3v) is 2.72. The molecule has 0 bridgehead atoms. The average molecular weight is 181 g/mol. The Bertz CT molecular complexity index is 185. The summed E-state index contributed by atoms with van der Waals surface area (Å²) in [4.78, 5) is 0. The summed E-state index contributed by atoms with van der Waals surface area (Å²) in [5, 5.41) is 0. The van der Waals surface area contributed by atoms with Gasteiger partial charge in [-0.1, -0.05) is 6.92 Å². The molecule has 0 aromatic rings. The summed E-state index contributed by atoms with van der Waals surface area (Å²) < 4.78 is 5.58. The number of nitrogens with two attached hydrogens (primary N) is 1. The fraction of sp³-hybridized carbons (Fsp3) is 0.818. The smallest absolute Gasteiger partial charge is 0.0752 e. The topological polar surface area (TPSA) is 35.2 Å². The first-order valence-electron chi connectivity index (χ1n) is 5.06. The van der Waals surface area contributed by atoms with Crippen LogP contribution in [0, 0.1) is 18.3 Å². The van der Waals surface area contributed by atoms with Gasteiger partial charge >= 0.3 is 0 Å². The molecule has 0 aliphatic carbocycles. The summed E-state index contributed by atoms with van der Waals surface area (Å²) in [5.41, 5.74) is 6.02. The number of ether oxygens (including phenoxy) is 1. The summed E-state index contributed by atoms with van der Waals surface area (Å²) >= 11 is 0. The molecular weight excluding hydrogens is 162 g/mol. The minimum Gasteiger partial charge on any atom is -0.376 e. The Morgan fingerprint density at radius 3 is 3.00 bits per heavy atom. The van der Waals surface area contributed by atoms with E-state index in [-0.39, 0.29) is 12.1 Å². The van der Waals surface area contributed by atoms with E-state index in [1.165, 1.54) is 0 Å². The molecule has 0 spiro atoms. The van der Waals surface area contributed by atoms with Crippen LogP contribution in [0.3, 0.4) is 0 Å². The lowest BCUT2D eigenvalue weighted by Crippen LogP contribution is -2.37. The lowest BCUT2D eigenvalue weighted by atomic mass is 9.95. The summed E-state index contributed by atoms with van der Waals surface area (Å²) in [6.45, 7) is 3.08. The van der Waals surface area contributed by atoms with Crippen molar-refractivity contribution in [1.29, 1.82) is 0 Å². The van der Waals surface area contributed by atoms with Gasteiger partial charge < -0.3 is 10.5 Å². The molecule has 1 aliphatic heterocycles. The van der Waals surface area contributed by atoms with Gasteiger partial charge in [0.1, 0.15) is 0 Å². The SMILES string of the molecule is C#CCCCC(N)C1OCCC1C. The second-order valence-electron chi connectivity index (χ2n) is 3.86. The highest BCUT2D eigenvalue weighted by Gasteiger charge is 2.29. The second kappa shape index (κ2) is 5.26. The standard InChI is InChI=1S/C11H19NO/c1-3-4-5-6-10(12)11-9(2)7-8-13-11/h1,9-11H,4-8,12H2,2H3. The predicted octanol–water partition coefficient (Wildman–Crippen LogP) is 1.54. The van der Waals surface area contributed by atoms with E-state index in [1.807, 2.05) is 0 Å². The fourth-order valence-electron chi connectivity index (χ4n) is 1.87. The molecule has 2 N–H and O–H groups in total. The van der Waals surface area contributed by atoms with Gasteiger partial charge in [0, 0.05) is 19.1 Å². The quantitative estimate of drug-likeness (QED) is 0.527. The lowest BCUT2D eigenvalue weighted by molar-refractivity contribution is 0.0697. The van der Waals surface area contributed by atoms with Crippen molar-refractivity contribution in [3.05, 3.63) is 0 Å². The molecule has 0 aromatic carbocycles. The molecule has 0 amide bonds. The number of rotatable bonds is 4. The van der Waals surface area contributed by atoms with Crippen molar-refractivity contribution < 1.29 is 4.74 Å². The molecule has 3 unspecified atom stereocenters. The molecule has 0 aromatic heterocycles. The third-order valence-electron chi connectivity index (χ3n) is 2.72. The molecule has 1 saturated heterocycles. The molecule has 13 heavy (non-hydrogen) atoms. The zero-order valence-corrected chi connectivity index (χ0v) is 8.33. The van der Waals surface area contributed by atoms with Crippen LogP contribution >= 0.6 is 0 Å². The first-order chi connectivity index (χ1) is 6.25. The van der Waals surface area contributed by atoms with Crippen LogP contribution in [-0.2, 0) is 4.74 Å². The van der Waals surface area contributed by atoms with Gasteiger partial charge in [0.25, 0.3) is 0 Å². The Kier molecular flexibility index (Phi) is 4.27. The van der Waals surface area contributed by atoms with Crippen LogP contribution in [0.1, 0.15) is 32.6 Å². The summed E-state index contributed by atoms with van der Waals surface area (Å²) in [5.74, 6) is 3.24. The average Bonchev–Trinajstić information content (AvgIpc) is 2.52. The second-order valence-corrected chi connectivity index (χ2v) is 3.86. The van der Waals surface area contributed by atoms with E-state index in [0.29, 0.717) is 5.92 Å². The third kappa shape index (κ3) is 3.02. The van der Waals surface area contributed by atoms with Gasteiger partial charge in [-0.25, -0.2) is 0 Å². The van der Waals surface area contributed by atoms with Crippen molar-refractivity contribution in [2.45, 2.75) is 44.8 Å². The van der Waals surface area contributed by atoms with E-state index >= 15 is 0 Å². The highest BCUT2D eigenvalue weighted by atomic mass is 16.5. The molecule has 3 atom stereocenters. The fourth-order valence-corrected chi connectivity index (χ4v) is 1.87. The van der Waals surface area contributed by atoms with Crippen LogP contribution in [0.25, 0.3) is 0 Å². The molecule has 1 fully saturated rings. The van der Waals surface area contributed by atoms with Crippen LogP contribution in [0.5, 0.6) is 0 Å². The van der Waals surface area contributed by atoms with Crippen LogP contribution in [0.15, 0.2) is 0 Å². The Morgan fingerprint density at radius 2 is 2.46 bits per heavy atom. The lowest BCUT2D eigenvalue weighted by Gasteiger charge is -2.21. The highest BCUT2D eigenvalue weighted by Crippen LogP contribution is 2.23. The largest absolute Gasteiger partial charge is 0.376 e. The van der Waals surface area contributed by atoms with Crippen LogP contribution in [0.4, 0.5) is 0 Å². The number of terminal acetylenes is 1. The van der Waals surface area contributed by atoms with E-state index in [4.69, 9.17) is 16.9 Å². The Labute approximate surface area is 80.8 Å². The summed E-state index contributed by atoms with van der Waals surface area (Å²) in [6, 6.07) is 0.172. The van der Waals surface area contributed by atoms with Gasteiger partial charge in [0.15, 0.2) is 0 Å². The Balaban J connectivity index is 2.22. The summed E-state index contributed by atoms with van der Waals surface area (Å²) in [6.07, 6.45) is 9.41. The van der Waals surface area contributed by atoms with E-state index < -0.39 is 0 Å². The maximum absolute atomic E-state index is 6.02. The maximum atomic E-state index is 6.02. The molecule has 1 rings (SSSR count). The van der Waals surface area contributed by atoms with Gasteiger partial charge in [0.2, 0.25) is 0 Å². The van der Waals surface area contributed by atoms with Crippen LogP contribution < -0.4 is 5.73 Å².